The van der Waals surface area contributed by atoms with Gasteiger partial charge in [0.15, 0.2) is 0 Å². The van der Waals surface area contributed by atoms with Gasteiger partial charge in [-0.05, 0) is 25.0 Å². The van der Waals surface area contributed by atoms with Gasteiger partial charge in [0.1, 0.15) is 0 Å². The van der Waals surface area contributed by atoms with Crippen LogP contribution in [0.4, 0.5) is 0 Å². The first-order valence-electron chi connectivity index (χ1n) is 6.95. The maximum Gasteiger partial charge on any atom is 0.223 e. The van der Waals surface area contributed by atoms with Crippen LogP contribution < -0.4 is 5.32 Å². The highest BCUT2D eigenvalue weighted by molar-refractivity contribution is 5.80. The van der Waals surface area contributed by atoms with Gasteiger partial charge in [-0.1, -0.05) is 37.1 Å². The molecular weight excluding hydrogens is 236 g/mol. The zero-order valence-corrected chi connectivity index (χ0v) is 10.9. The summed E-state index contributed by atoms with van der Waals surface area (Å²) in [6.07, 6.45) is 4.45. The maximum atomic E-state index is 11.9. The molecule has 1 heterocycles. The zero-order chi connectivity index (χ0) is 13.1. The standard InChI is InChI=1S/C16H18N2O/c19-16(13-6-1-2-7-13)17-11-14-10-9-12-5-3-4-8-15(12)18-14/h3-5,8-10,13H,1-2,6-7,11H2,(H,17,19). The van der Waals surface area contributed by atoms with E-state index in [0.29, 0.717) is 6.54 Å². The second kappa shape index (κ2) is 5.39. The van der Waals surface area contributed by atoms with E-state index in [4.69, 9.17) is 0 Å². The van der Waals surface area contributed by atoms with E-state index in [1.54, 1.807) is 0 Å². The lowest BCUT2D eigenvalue weighted by atomic mass is 10.1. The molecule has 0 saturated heterocycles. The van der Waals surface area contributed by atoms with E-state index in [2.05, 4.69) is 16.4 Å². The number of pyridine rings is 1. The van der Waals surface area contributed by atoms with Crippen molar-refractivity contribution in [2.75, 3.05) is 0 Å². The average Bonchev–Trinajstić information content (AvgIpc) is 2.99. The lowest BCUT2D eigenvalue weighted by molar-refractivity contribution is -0.124. The van der Waals surface area contributed by atoms with Crippen LogP contribution in [0.25, 0.3) is 10.9 Å². The molecule has 1 N–H and O–H groups in total. The van der Waals surface area contributed by atoms with Gasteiger partial charge in [-0.2, -0.15) is 0 Å². The van der Waals surface area contributed by atoms with E-state index in [9.17, 15) is 4.79 Å². The lowest BCUT2D eigenvalue weighted by Crippen LogP contribution is -2.29. The van der Waals surface area contributed by atoms with E-state index in [0.717, 1.165) is 29.4 Å². The van der Waals surface area contributed by atoms with Crippen molar-refractivity contribution in [1.82, 2.24) is 10.3 Å². The summed E-state index contributed by atoms with van der Waals surface area (Å²) in [5.74, 6) is 0.410. The summed E-state index contributed by atoms with van der Waals surface area (Å²) >= 11 is 0. The molecule has 1 amide bonds. The first-order valence-corrected chi connectivity index (χ1v) is 6.95. The number of nitrogens with zero attached hydrogens (tertiary/aromatic N) is 1. The summed E-state index contributed by atoms with van der Waals surface area (Å²) in [6.45, 7) is 0.528. The summed E-state index contributed by atoms with van der Waals surface area (Å²) in [5, 5.41) is 4.14. The highest BCUT2D eigenvalue weighted by atomic mass is 16.1. The molecule has 3 nitrogen and oxygen atoms in total. The number of carbonyl (C=O) groups is 1. The van der Waals surface area contributed by atoms with Crippen molar-refractivity contribution in [1.29, 1.82) is 0 Å². The van der Waals surface area contributed by atoms with Crippen molar-refractivity contribution in [2.24, 2.45) is 5.92 Å². The highest BCUT2D eigenvalue weighted by Crippen LogP contribution is 2.24. The van der Waals surface area contributed by atoms with Crippen LogP contribution in [-0.4, -0.2) is 10.9 Å². The van der Waals surface area contributed by atoms with Crippen molar-refractivity contribution in [3.05, 3.63) is 42.1 Å². The van der Waals surface area contributed by atoms with Crippen LogP contribution in [0, 0.1) is 5.92 Å². The summed E-state index contributed by atoms with van der Waals surface area (Å²) < 4.78 is 0. The fourth-order valence-electron chi connectivity index (χ4n) is 2.72. The Hall–Kier alpha value is -1.90. The summed E-state index contributed by atoms with van der Waals surface area (Å²) in [4.78, 5) is 16.5. The molecule has 0 spiro atoms. The van der Waals surface area contributed by atoms with Crippen LogP contribution in [-0.2, 0) is 11.3 Å². The largest absolute Gasteiger partial charge is 0.350 e. The van der Waals surface area contributed by atoms with Gasteiger partial charge in [0.25, 0.3) is 0 Å². The van der Waals surface area contributed by atoms with Gasteiger partial charge in [0.05, 0.1) is 17.8 Å². The predicted molar refractivity (Wildman–Crippen MR) is 75.5 cm³/mol. The quantitative estimate of drug-likeness (QED) is 0.914. The topological polar surface area (TPSA) is 42.0 Å². The van der Waals surface area contributed by atoms with Crippen LogP contribution in [0.2, 0.25) is 0 Å². The lowest BCUT2D eigenvalue weighted by Gasteiger charge is -2.10. The highest BCUT2D eigenvalue weighted by Gasteiger charge is 2.22. The van der Waals surface area contributed by atoms with Gasteiger partial charge in [0, 0.05) is 11.3 Å². The molecule has 1 aromatic carbocycles. The number of hydrogen-bond donors (Lipinski definition) is 1. The number of rotatable bonds is 3. The SMILES string of the molecule is O=C(NCc1ccc2ccccc2n1)C1CCCC1. The van der Waals surface area contributed by atoms with E-state index >= 15 is 0 Å². The van der Waals surface area contributed by atoms with Crippen molar-refractivity contribution in [3.63, 3.8) is 0 Å². The number of carbonyl (C=O) groups excluding carboxylic acids is 1. The summed E-state index contributed by atoms with van der Waals surface area (Å²) in [6, 6.07) is 12.1. The van der Waals surface area contributed by atoms with Gasteiger partial charge >= 0.3 is 0 Å². The van der Waals surface area contributed by atoms with Crippen LogP contribution in [0.3, 0.4) is 0 Å². The fourth-order valence-corrected chi connectivity index (χ4v) is 2.72. The monoisotopic (exact) mass is 254 g/mol. The number of hydrogen-bond acceptors (Lipinski definition) is 2. The molecule has 1 aliphatic rings. The fraction of sp³-hybridized carbons (Fsp3) is 0.375. The third kappa shape index (κ3) is 2.75. The van der Waals surface area contributed by atoms with Gasteiger partial charge < -0.3 is 5.32 Å². The molecule has 3 heteroatoms. The molecule has 1 fully saturated rings. The van der Waals surface area contributed by atoms with E-state index in [-0.39, 0.29) is 11.8 Å². The molecule has 98 valence electrons. The molecule has 0 unspecified atom stereocenters. The molecule has 1 aromatic heterocycles. The Morgan fingerprint density at radius 3 is 2.79 bits per heavy atom. The minimum atomic E-state index is 0.187. The Bertz CT molecular complexity index is 588. The molecule has 3 rings (SSSR count). The second-order valence-electron chi connectivity index (χ2n) is 5.19. The number of fused-ring (bicyclic) bond motifs is 1. The minimum Gasteiger partial charge on any atom is -0.350 e. The predicted octanol–water partition coefficient (Wildman–Crippen LogP) is 3.04. The Morgan fingerprint density at radius 2 is 1.95 bits per heavy atom. The molecule has 0 aliphatic heterocycles. The van der Waals surface area contributed by atoms with E-state index in [1.165, 1.54) is 12.8 Å². The first kappa shape index (κ1) is 12.2. The van der Waals surface area contributed by atoms with Crippen LogP contribution in [0.5, 0.6) is 0 Å². The third-order valence-corrected chi connectivity index (χ3v) is 3.83. The van der Waals surface area contributed by atoms with E-state index in [1.807, 2.05) is 30.3 Å². The van der Waals surface area contributed by atoms with Gasteiger partial charge in [0.2, 0.25) is 5.91 Å². The molecule has 0 radical (unpaired) electrons. The Balaban J connectivity index is 1.66. The smallest absolute Gasteiger partial charge is 0.223 e. The summed E-state index contributed by atoms with van der Waals surface area (Å²) in [5.41, 5.74) is 1.90. The third-order valence-electron chi connectivity index (χ3n) is 3.83. The van der Waals surface area contributed by atoms with Crippen LogP contribution >= 0.6 is 0 Å². The van der Waals surface area contributed by atoms with Crippen LogP contribution in [0.15, 0.2) is 36.4 Å². The van der Waals surface area contributed by atoms with Gasteiger partial charge in [-0.25, -0.2) is 0 Å². The molecule has 19 heavy (non-hydrogen) atoms. The molecule has 1 aliphatic carbocycles. The van der Waals surface area contributed by atoms with Crippen LogP contribution in [0.1, 0.15) is 31.4 Å². The molecule has 2 aromatic rings. The van der Waals surface area contributed by atoms with Crippen molar-refractivity contribution >= 4 is 16.8 Å². The van der Waals surface area contributed by atoms with Gasteiger partial charge in [-0.15, -0.1) is 0 Å². The van der Waals surface area contributed by atoms with Crippen molar-refractivity contribution in [3.8, 4) is 0 Å². The minimum absolute atomic E-state index is 0.187. The number of amides is 1. The Labute approximate surface area is 113 Å². The number of para-hydroxylation sites is 1. The second-order valence-corrected chi connectivity index (χ2v) is 5.19. The van der Waals surface area contributed by atoms with E-state index < -0.39 is 0 Å². The normalized spacial score (nSPS) is 15.8. The van der Waals surface area contributed by atoms with Gasteiger partial charge in [-0.3, -0.25) is 9.78 Å². The Morgan fingerprint density at radius 1 is 1.16 bits per heavy atom. The molecule has 1 saturated carbocycles. The zero-order valence-electron chi connectivity index (χ0n) is 10.9. The number of aromatic nitrogens is 1. The molecular formula is C16H18N2O. The molecule has 0 atom stereocenters. The number of benzene rings is 1. The summed E-state index contributed by atoms with van der Waals surface area (Å²) in [7, 11) is 0. The maximum absolute atomic E-state index is 11.9. The first-order chi connectivity index (χ1) is 9.33. The Kier molecular flexibility index (Phi) is 3.45. The van der Waals surface area contributed by atoms with Crippen molar-refractivity contribution in [2.45, 2.75) is 32.2 Å². The number of nitrogens with one attached hydrogen (secondary N) is 1. The molecule has 0 bridgehead atoms. The average molecular weight is 254 g/mol. The van der Waals surface area contributed by atoms with Crippen molar-refractivity contribution < 1.29 is 4.79 Å².